The second-order valence-corrected chi connectivity index (χ2v) is 2.37. The molecule has 1 rings (SSSR count). The predicted octanol–water partition coefficient (Wildman–Crippen LogP) is 2.50. The van der Waals surface area contributed by atoms with E-state index in [1.807, 2.05) is 31.2 Å². The van der Waals surface area contributed by atoms with Crippen LogP contribution in [0.1, 0.15) is 13.3 Å². The van der Waals surface area contributed by atoms with Crippen LogP contribution in [0.15, 0.2) is 41.2 Å². The molecular weight excluding hydrogens is 134 g/mol. The number of allylic oxidation sites excluding steroid dienone is 5. The van der Waals surface area contributed by atoms with Gasteiger partial charge in [-0.3, -0.25) is 0 Å². The molecule has 0 saturated carbocycles. The molecule has 0 fully saturated rings. The molecule has 1 heteroatoms. The van der Waals surface area contributed by atoms with Gasteiger partial charge in [0.2, 0.25) is 0 Å². The summed E-state index contributed by atoms with van der Waals surface area (Å²) in [5.41, 5.74) is 4.87. The average Bonchev–Trinajstić information content (AvgIpc) is 1.98. The van der Waals surface area contributed by atoms with Crippen LogP contribution in [-0.4, -0.2) is 0 Å². The molecule has 0 aliphatic heterocycles. The number of nitrogens with zero attached hydrogens (tertiary/aromatic N) is 1. The Morgan fingerprint density at radius 3 is 3.09 bits per heavy atom. The van der Waals surface area contributed by atoms with Crippen molar-refractivity contribution in [1.29, 1.82) is 5.26 Å². The van der Waals surface area contributed by atoms with Crippen LogP contribution in [0.5, 0.6) is 0 Å². The Bertz CT molecular complexity index is 304. The molecule has 1 nitrogen and oxygen atoms in total. The summed E-state index contributed by atoms with van der Waals surface area (Å²) in [7, 11) is 0. The van der Waals surface area contributed by atoms with E-state index in [0.29, 0.717) is 0 Å². The Balaban J connectivity index is 2.92. The Morgan fingerprint density at radius 2 is 2.36 bits per heavy atom. The van der Waals surface area contributed by atoms with Gasteiger partial charge in [0, 0.05) is 5.57 Å². The molecule has 1 aliphatic carbocycles. The molecule has 1 aliphatic rings. The van der Waals surface area contributed by atoms with E-state index in [1.54, 1.807) is 0 Å². The first-order chi connectivity index (χ1) is 5.33. The van der Waals surface area contributed by atoms with Crippen molar-refractivity contribution in [2.24, 2.45) is 0 Å². The van der Waals surface area contributed by atoms with Gasteiger partial charge in [-0.15, -0.1) is 5.73 Å². The molecule has 0 unspecified atom stereocenters. The monoisotopic (exact) mass is 143 g/mol. The van der Waals surface area contributed by atoms with Gasteiger partial charge in [0.25, 0.3) is 0 Å². The number of nitriles is 1. The summed E-state index contributed by atoms with van der Waals surface area (Å²) < 4.78 is 0. The smallest absolute Gasteiger partial charge is 0.0988 e. The molecule has 0 N–H and O–H groups in total. The summed E-state index contributed by atoms with van der Waals surface area (Å²) in [4.78, 5) is 0. The van der Waals surface area contributed by atoms with E-state index < -0.39 is 0 Å². The molecule has 0 aromatic heterocycles. The molecule has 0 bridgehead atoms. The topological polar surface area (TPSA) is 23.8 Å². The summed E-state index contributed by atoms with van der Waals surface area (Å²) in [5, 5.41) is 8.58. The van der Waals surface area contributed by atoms with Crippen molar-refractivity contribution < 1.29 is 0 Å². The van der Waals surface area contributed by atoms with E-state index >= 15 is 0 Å². The third kappa shape index (κ3) is 2.29. The predicted molar refractivity (Wildman–Crippen MR) is 44.7 cm³/mol. The highest BCUT2D eigenvalue weighted by molar-refractivity contribution is 5.37. The minimum atomic E-state index is 0.724. The molecular formula is C10H9N. The van der Waals surface area contributed by atoms with Crippen LogP contribution < -0.4 is 0 Å². The zero-order chi connectivity index (χ0) is 8.10. The molecule has 0 radical (unpaired) electrons. The van der Waals surface area contributed by atoms with Gasteiger partial charge in [0.1, 0.15) is 0 Å². The lowest BCUT2D eigenvalue weighted by Crippen LogP contribution is -1.75. The first kappa shape index (κ1) is 7.60. The Morgan fingerprint density at radius 1 is 1.55 bits per heavy atom. The van der Waals surface area contributed by atoms with Crippen molar-refractivity contribution in [2.75, 3.05) is 0 Å². The molecule has 54 valence electrons. The Kier molecular flexibility index (Phi) is 2.49. The van der Waals surface area contributed by atoms with E-state index in [4.69, 9.17) is 5.26 Å². The highest BCUT2D eigenvalue weighted by Gasteiger charge is 1.89. The molecule has 0 aromatic rings. The molecule has 0 amide bonds. The lowest BCUT2D eigenvalue weighted by molar-refractivity contribution is 1.34. The molecule has 0 spiro atoms. The van der Waals surface area contributed by atoms with E-state index in [9.17, 15) is 0 Å². The van der Waals surface area contributed by atoms with Gasteiger partial charge in [-0.25, -0.2) is 0 Å². The zero-order valence-electron chi connectivity index (χ0n) is 6.46. The van der Waals surface area contributed by atoms with Crippen LogP contribution in [0.4, 0.5) is 0 Å². The van der Waals surface area contributed by atoms with Crippen LogP contribution in [0.2, 0.25) is 0 Å². The summed E-state index contributed by atoms with van der Waals surface area (Å²) >= 11 is 0. The summed E-state index contributed by atoms with van der Waals surface area (Å²) in [6, 6.07) is 2.11. The second-order valence-electron chi connectivity index (χ2n) is 2.37. The van der Waals surface area contributed by atoms with Crippen molar-refractivity contribution in [3.63, 3.8) is 0 Å². The van der Waals surface area contributed by atoms with Crippen molar-refractivity contribution in [3.8, 4) is 6.07 Å². The van der Waals surface area contributed by atoms with Gasteiger partial charge in [0.05, 0.1) is 6.07 Å². The Hall–Kier alpha value is -1.51. The van der Waals surface area contributed by atoms with Crippen molar-refractivity contribution in [3.05, 3.63) is 41.2 Å². The number of rotatable bonds is 0. The minimum absolute atomic E-state index is 0.724. The van der Waals surface area contributed by atoms with E-state index in [-0.39, 0.29) is 0 Å². The van der Waals surface area contributed by atoms with E-state index in [0.717, 1.165) is 17.6 Å². The maximum atomic E-state index is 8.58. The lowest BCUT2D eigenvalue weighted by atomic mass is 10.1. The zero-order valence-corrected chi connectivity index (χ0v) is 6.46. The first-order valence-electron chi connectivity index (χ1n) is 3.53. The quantitative estimate of drug-likeness (QED) is 0.478. The maximum Gasteiger partial charge on any atom is 0.0988 e. The van der Waals surface area contributed by atoms with Gasteiger partial charge in [-0.2, -0.15) is 5.26 Å². The number of hydrogen-bond acceptors (Lipinski definition) is 1. The van der Waals surface area contributed by atoms with Crippen LogP contribution in [-0.2, 0) is 0 Å². The van der Waals surface area contributed by atoms with Gasteiger partial charge in [-0.05, 0) is 31.1 Å². The van der Waals surface area contributed by atoms with Crippen molar-refractivity contribution in [2.45, 2.75) is 13.3 Å². The maximum absolute atomic E-state index is 8.58. The first-order valence-corrected chi connectivity index (χ1v) is 3.53. The van der Waals surface area contributed by atoms with Crippen molar-refractivity contribution >= 4 is 0 Å². The standard InChI is InChI=1S/C10H9N/c1-9-4-2-3-5-10(8-11)7-6-9/h2,5-7H,3H2,1H3/b7-6?,10-5+. The Labute approximate surface area is 66.7 Å². The normalized spacial score (nSPS) is 20.7. The van der Waals surface area contributed by atoms with Gasteiger partial charge < -0.3 is 0 Å². The van der Waals surface area contributed by atoms with E-state index in [2.05, 4.69) is 11.8 Å². The SMILES string of the molecule is CC1=C=CC/C=C(/C#N)C=C1. The summed E-state index contributed by atoms with van der Waals surface area (Å²) in [5.74, 6) is 0. The third-order valence-corrected chi connectivity index (χ3v) is 1.43. The molecule has 0 saturated heterocycles. The van der Waals surface area contributed by atoms with Gasteiger partial charge >= 0.3 is 0 Å². The largest absolute Gasteiger partial charge is 0.192 e. The van der Waals surface area contributed by atoms with Crippen LogP contribution in [0, 0.1) is 11.3 Å². The highest BCUT2D eigenvalue weighted by atomic mass is 14.2. The lowest BCUT2D eigenvalue weighted by Gasteiger charge is -1.91. The minimum Gasteiger partial charge on any atom is -0.192 e. The van der Waals surface area contributed by atoms with E-state index in [1.165, 1.54) is 0 Å². The van der Waals surface area contributed by atoms with Crippen molar-refractivity contribution in [1.82, 2.24) is 0 Å². The number of hydrogen-bond donors (Lipinski definition) is 0. The fraction of sp³-hybridized carbons (Fsp3) is 0.200. The van der Waals surface area contributed by atoms with Crippen LogP contribution >= 0.6 is 0 Å². The summed E-state index contributed by atoms with van der Waals surface area (Å²) in [6.45, 7) is 1.97. The molecule has 11 heavy (non-hydrogen) atoms. The summed E-state index contributed by atoms with van der Waals surface area (Å²) in [6.07, 6.45) is 8.32. The highest BCUT2D eigenvalue weighted by Crippen LogP contribution is 2.04. The molecule has 0 atom stereocenters. The van der Waals surface area contributed by atoms with Crippen LogP contribution in [0.25, 0.3) is 0 Å². The van der Waals surface area contributed by atoms with Gasteiger partial charge in [0.15, 0.2) is 0 Å². The second kappa shape index (κ2) is 3.61. The molecule has 0 aromatic carbocycles. The van der Waals surface area contributed by atoms with Gasteiger partial charge in [-0.1, -0.05) is 12.2 Å². The fourth-order valence-electron chi connectivity index (χ4n) is 0.820. The third-order valence-electron chi connectivity index (χ3n) is 1.43. The molecule has 0 heterocycles. The fourth-order valence-corrected chi connectivity index (χ4v) is 0.820. The average molecular weight is 143 g/mol. The van der Waals surface area contributed by atoms with Crippen LogP contribution in [0.3, 0.4) is 0 Å².